The Bertz CT molecular complexity index is 967. The van der Waals surface area contributed by atoms with Crippen molar-refractivity contribution in [3.8, 4) is 0 Å². The Labute approximate surface area is 129 Å². The second-order valence-corrected chi connectivity index (χ2v) is 5.80. The first kappa shape index (κ1) is 13.1. The molecule has 0 unspecified atom stereocenters. The molecule has 4 nitrogen and oxygen atoms in total. The first-order valence-corrected chi connectivity index (χ1v) is 7.60. The number of thiophene rings is 1. The van der Waals surface area contributed by atoms with E-state index in [1.54, 1.807) is 18.3 Å². The van der Waals surface area contributed by atoms with E-state index in [2.05, 4.69) is 20.3 Å². The highest BCUT2D eigenvalue weighted by Crippen LogP contribution is 2.34. The SMILES string of the molecule is Fc1ccccc1CNc1ncnc2c1sc1ncccc12. The van der Waals surface area contributed by atoms with Crippen LogP contribution in [0.3, 0.4) is 0 Å². The van der Waals surface area contributed by atoms with Gasteiger partial charge in [0.1, 0.15) is 22.8 Å². The highest BCUT2D eigenvalue weighted by molar-refractivity contribution is 7.25. The fourth-order valence-corrected chi connectivity index (χ4v) is 3.42. The Balaban J connectivity index is 1.74. The molecular formula is C16H11FN4S. The molecule has 108 valence electrons. The molecule has 0 spiro atoms. The van der Waals surface area contributed by atoms with Gasteiger partial charge in [0.2, 0.25) is 0 Å². The van der Waals surface area contributed by atoms with E-state index in [-0.39, 0.29) is 5.82 Å². The Morgan fingerprint density at radius 2 is 1.95 bits per heavy atom. The first-order chi connectivity index (χ1) is 10.8. The molecule has 0 aliphatic carbocycles. The van der Waals surface area contributed by atoms with Crippen LogP contribution < -0.4 is 5.32 Å². The number of halogens is 1. The molecule has 4 rings (SSSR count). The van der Waals surface area contributed by atoms with Crippen molar-refractivity contribution in [2.45, 2.75) is 6.54 Å². The molecule has 0 amide bonds. The van der Waals surface area contributed by atoms with Gasteiger partial charge in [-0.2, -0.15) is 0 Å². The van der Waals surface area contributed by atoms with Gasteiger partial charge in [0.25, 0.3) is 0 Å². The topological polar surface area (TPSA) is 50.7 Å². The molecule has 0 saturated heterocycles. The number of benzene rings is 1. The Morgan fingerprint density at radius 1 is 1.05 bits per heavy atom. The Kier molecular flexibility index (Phi) is 3.16. The van der Waals surface area contributed by atoms with Gasteiger partial charge in [-0.1, -0.05) is 18.2 Å². The van der Waals surface area contributed by atoms with Gasteiger partial charge >= 0.3 is 0 Å². The highest BCUT2D eigenvalue weighted by Gasteiger charge is 2.11. The quantitative estimate of drug-likeness (QED) is 0.621. The molecule has 6 heteroatoms. The fourth-order valence-electron chi connectivity index (χ4n) is 2.36. The minimum Gasteiger partial charge on any atom is -0.365 e. The molecule has 0 radical (unpaired) electrons. The molecule has 1 aromatic carbocycles. The molecule has 3 aromatic heterocycles. The molecular weight excluding hydrogens is 299 g/mol. The highest BCUT2D eigenvalue weighted by atomic mass is 32.1. The van der Waals surface area contributed by atoms with E-state index < -0.39 is 0 Å². The fraction of sp³-hybridized carbons (Fsp3) is 0.0625. The van der Waals surface area contributed by atoms with Crippen LogP contribution in [0, 0.1) is 5.82 Å². The summed E-state index contributed by atoms with van der Waals surface area (Å²) in [6, 6.07) is 10.6. The van der Waals surface area contributed by atoms with Crippen LogP contribution in [-0.4, -0.2) is 15.0 Å². The summed E-state index contributed by atoms with van der Waals surface area (Å²) >= 11 is 1.54. The second-order valence-electron chi connectivity index (χ2n) is 4.80. The van der Waals surface area contributed by atoms with E-state index >= 15 is 0 Å². The lowest BCUT2D eigenvalue weighted by atomic mass is 10.2. The smallest absolute Gasteiger partial charge is 0.147 e. The van der Waals surface area contributed by atoms with E-state index in [4.69, 9.17) is 0 Å². The summed E-state index contributed by atoms with van der Waals surface area (Å²) in [5.74, 6) is 0.481. The zero-order valence-electron chi connectivity index (χ0n) is 11.5. The zero-order chi connectivity index (χ0) is 14.9. The number of rotatable bonds is 3. The maximum Gasteiger partial charge on any atom is 0.147 e. The monoisotopic (exact) mass is 310 g/mol. The van der Waals surface area contributed by atoms with Gasteiger partial charge in [0.05, 0.1) is 10.2 Å². The number of pyridine rings is 1. The minimum absolute atomic E-state index is 0.224. The van der Waals surface area contributed by atoms with Gasteiger partial charge in [-0.05, 0) is 18.2 Å². The molecule has 0 atom stereocenters. The zero-order valence-corrected chi connectivity index (χ0v) is 12.3. The van der Waals surface area contributed by atoms with Gasteiger partial charge in [-0.3, -0.25) is 0 Å². The van der Waals surface area contributed by atoms with Crippen molar-refractivity contribution in [2.24, 2.45) is 0 Å². The maximum atomic E-state index is 13.7. The molecule has 0 saturated carbocycles. The molecule has 0 aliphatic rings. The van der Waals surface area contributed by atoms with Crippen LogP contribution >= 0.6 is 11.3 Å². The van der Waals surface area contributed by atoms with Crippen LogP contribution in [0.4, 0.5) is 10.2 Å². The number of nitrogens with zero attached hydrogens (tertiary/aromatic N) is 3. The minimum atomic E-state index is -0.224. The van der Waals surface area contributed by atoms with Crippen molar-refractivity contribution >= 4 is 37.6 Å². The lowest BCUT2D eigenvalue weighted by Crippen LogP contribution is -2.03. The Morgan fingerprint density at radius 3 is 2.86 bits per heavy atom. The van der Waals surface area contributed by atoms with Crippen molar-refractivity contribution in [3.63, 3.8) is 0 Å². The van der Waals surface area contributed by atoms with Crippen LogP contribution in [-0.2, 0) is 6.54 Å². The molecule has 0 fully saturated rings. The summed E-state index contributed by atoms with van der Waals surface area (Å²) in [6.07, 6.45) is 3.28. The molecule has 4 aromatic rings. The third-order valence-corrected chi connectivity index (χ3v) is 4.54. The van der Waals surface area contributed by atoms with Crippen LogP contribution in [0.25, 0.3) is 20.4 Å². The van der Waals surface area contributed by atoms with Crippen molar-refractivity contribution < 1.29 is 4.39 Å². The van der Waals surface area contributed by atoms with Gasteiger partial charge in [0.15, 0.2) is 0 Å². The van der Waals surface area contributed by atoms with Crippen molar-refractivity contribution in [1.82, 2.24) is 15.0 Å². The number of aromatic nitrogens is 3. The average molecular weight is 310 g/mol. The standard InChI is InChI=1S/C16H11FN4S/c17-12-6-2-1-4-10(12)8-19-15-14-13(20-9-21-15)11-5-3-7-18-16(11)22-14/h1-7,9H,8H2,(H,19,20,21). The average Bonchev–Trinajstić information content (AvgIpc) is 2.93. The third-order valence-electron chi connectivity index (χ3n) is 3.43. The van der Waals surface area contributed by atoms with Crippen LogP contribution in [0.2, 0.25) is 0 Å². The predicted molar refractivity (Wildman–Crippen MR) is 86.4 cm³/mol. The van der Waals surface area contributed by atoms with Crippen LogP contribution in [0.5, 0.6) is 0 Å². The first-order valence-electron chi connectivity index (χ1n) is 6.78. The number of anilines is 1. The summed E-state index contributed by atoms with van der Waals surface area (Å²) < 4.78 is 14.6. The maximum absolute atomic E-state index is 13.7. The number of hydrogen-bond acceptors (Lipinski definition) is 5. The summed E-state index contributed by atoms with van der Waals surface area (Å²) in [7, 11) is 0. The summed E-state index contributed by atoms with van der Waals surface area (Å²) in [4.78, 5) is 13.9. The van der Waals surface area contributed by atoms with E-state index in [0.29, 0.717) is 17.9 Å². The van der Waals surface area contributed by atoms with Crippen LogP contribution in [0.1, 0.15) is 5.56 Å². The van der Waals surface area contributed by atoms with Gasteiger partial charge in [-0.15, -0.1) is 11.3 Å². The molecule has 0 aliphatic heterocycles. The van der Waals surface area contributed by atoms with Crippen LogP contribution in [0.15, 0.2) is 48.9 Å². The Hall–Kier alpha value is -2.60. The largest absolute Gasteiger partial charge is 0.365 e. The van der Waals surface area contributed by atoms with E-state index in [1.807, 2.05) is 18.2 Å². The lowest BCUT2D eigenvalue weighted by molar-refractivity contribution is 0.613. The molecule has 1 N–H and O–H groups in total. The predicted octanol–water partition coefficient (Wildman–Crippen LogP) is 3.99. The molecule has 3 heterocycles. The van der Waals surface area contributed by atoms with E-state index in [1.165, 1.54) is 23.7 Å². The normalized spacial score (nSPS) is 11.1. The van der Waals surface area contributed by atoms with Gasteiger partial charge in [0, 0.05) is 23.7 Å². The number of hydrogen-bond donors (Lipinski definition) is 1. The summed E-state index contributed by atoms with van der Waals surface area (Å²) in [6.45, 7) is 0.375. The van der Waals surface area contributed by atoms with Crippen molar-refractivity contribution in [1.29, 1.82) is 0 Å². The van der Waals surface area contributed by atoms with Crippen molar-refractivity contribution in [3.05, 3.63) is 60.3 Å². The van der Waals surface area contributed by atoms with Gasteiger partial charge < -0.3 is 5.32 Å². The molecule has 0 bridgehead atoms. The summed E-state index contributed by atoms with van der Waals surface area (Å²) in [5.41, 5.74) is 1.48. The van der Waals surface area contributed by atoms with E-state index in [0.717, 1.165) is 20.4 Å². The van der Waals surface area contributed by atoms with E-state index in [9.17, 15) is 4.39 Å². The number of fused-ring (bicyclic) bond motifs is 3. The lowest BCUT2D eigenvalue weighted by Gasteiger charge is -2.07. The summed E-state index contributed by atoms with van der Waals surface area (Å²) in [5, 5.41) is 4.21. The second kappa shape index (κ2) is 5.31. The van der Waals surface area contributed by atoms with Crippen molar-refractivity contribution in [2.75, 3.05) is 5.32 Å². The third kappa shape index (κ3) is 2.17. The van der Waals surface area contributed by atoms with Gasteiger partial charge in [-0.25, -0.2) is 19.3 Å². The number of nitrogens with one attached hydrogen (secondary N) is 1. The molecule has 22 heavy (non-hydrogen) atoms.